The summed E-state index contributed by atoms with van der Waals surface area (Å²) in [4.78, 5) is 14.1. The van der Waals surface area contributed by atoms with Gasteiger partial charge in [-0.2, -0.15) is 0 Å². The first-order chi connectivity index (χ1) is 14.9. The summed E-state index contributed by atoms with van der Waals surface area (Å²) >= 11 is 0. The molecule has 31 heavy (non-hydrogen) atoms. The van der Waals surface area contributed by atoms with Gasteiger partial charge in [-0.15, -0.1) is 0 Å². The van der Waals surface area contributed by atoms with Crippen LogP contribution >= 0.6 is 0 Å². The molecule has 0 amide bonds. The van der Waals surface area contributed by atoms with Gasteiger partial charge in [0.15, 0.2) is 11.6 Å². The third-order valence-electron chi connectivity index (χ3n) is 5.37. The Morgan fingerprint density at radius 3 is 2.13 bits per heavy atom. The number of anilines is 2. The number of likely N-dealkylation sites (N-methyl/N-ethyl adjacent to an activating group) is 1. The predicted molar refractivity (Wildman–Crippen MR) is 124 cm³/mol. The van der Waals surface area contributed by atoms with Crippen LogP contribution in [0.2, 0.25) is 0 Å². The minimum Gasteiger partial charge on any atom is -0.363 e. The van der Waals surface area contributed by atoms with Crippen molar-refractivity contribution in [2.75, 3.05) is 49.8 Å². The highest BCUT2D eigenvalue weighted by atomic mass is 32.2. The van der Waals surface area contributed by atoms with Crippen LogP contribution in [0.5, 0.6) is 0 Å². The largest absolute Gasteiger partial charge is 0.363 e. The van der Waals surface area contributed by atoms with Crippen LogP contribution < -0.4 is 10.0 Å². The second kappa shape index (κ2) is 9.17. The summed E-state index contributed by atoms with van der Waals surface area (Å²) in [6.07, 6.45) is 0. The van der Waals surface area contributed by atoms with Crippen molar-refractivity contribution in [1.82, 2.24) is 19.8 Å². The van der Waals surface area contributed by atoms with E-state index >= 15 is 0 Å². The monoisotopic (exact) mass is 440 g/mol. The van der Waals surface area contributed by atoms with Crippen molar-refractivity contribution in [3.63, 3.8) is 0 Å². The lowest BCUT2D eigenvalue weighted by molar-refractivity contribution is 0.151. The Bertz CT molecular complexity index is 1130. The fourth-order valence-corrected chi connectivity index (χ4v) is 4.68. The zero-order valence-corrected chi connectivity index (χ0v) is 18.6. The molecule has 1 aliphatic heterocycles. The normalized spacial score (nSPS) is 16.8. The highest BCUT2D eigenvalue weighted by Crippen LogP contribution is 2.25. The van der Waals surface area contributed by atoms with Gasteiger partial charge in [-0.05, 0) is 38.2 Å². The maximum Gasteiger partial charge on any atom is 0.263 e. The zero-order valence-electron chi connectivity index (χ0n) is 17.8. The molecule has 1 atom stereocenters. The van der Waals surface area contributed by atoms with Crippen LogP contribution in [0.15, 0.2) is 59.5 Å². The van der Waals surface area contributed by atoms with Gasteiger partial charge in [0.1, 0.15) is 0 Å². The average Bonchev–Trinajstić information content (AvgIpc) is 2.76. The number of rotatable bonds is 7. The Labute approximate surface area is 183 Å². The van der Waals surface area contributed by atoms with E-state index < -0.39 is 10.0 Å². The van der Waals surface area contributed by atoms with Crippen molar-refractivity contribution < 1.29 is 8.42 Å². The minimum atomic E-state index is -3.78. The van der Waals surface area contributed by atoms with E-state index in [1.165, 1.54) is 0 Å². The van der Waals surface area contributed by atoms with Crippen LogP contribution in [0.1, 0.15) is 6.92 Å². The van der Waals surface area contributed by atoms with Gasteiger partial charge in [0.25, 0.3) is 10.0 Å². The highest BCUT2D eigenvalue weighted by Gasteiger charge is 2.21. The molecule has 0 radical (unpaired) electrons. The minimum absolute atomic E-state index is 0.0684. The van der Waals surface area contributed by atoms with E-state index in [0.717, 1.165) is 32.7 Å². The van der Waals surface area contributed by atoms with Gasteiger partial charge in [0, 0.05) is 38.8 Å². The third kappa shape index (κ3) is 5.30. The number of benzene rings is 2. The van der Waals surface area contributed by atoms with Gasteiger partial charge in [-0.3, -0.25) is 9.62 Å². The number of fused-ring (bicyclic) bond motifs is 1. The first kappa shape index (κ1) is 21.5. The van der Waals surface area contributed by atoms with Gasteiger partial charge in [0.2, 0.25) is 0 Å². The molecule has 0 saturated carbocycles. The molecule has 1 saturated heterocycles. The summed E-state index contributed by atoms with van der Waals surface area (Å²) in [6.45, 7) is 7.03. The lowest BCUT2D eigenvalue weighted by atomic mass is 10.2. The van der Waals surface area contributed by atoms with Crippen molar-refractivity contribution in [3.8, 4) is 0 Å². The second-order valence-electron chi connectivity index (χ2n) is 7.98. The molecule has 0 bridgehead atoms. The smallest absolute Gasteiger partial charge is 0.263 e. The Morgan fingerprint density at radius 1 is 0.903 bits per heavy atom. The molecule has 1 fully saturated rings. The van der Waals surface area contributed by atoms with E-state index in [-0.39, 0.29) is 16.8 Å². The fourth-order valence-electron chi connectivity index (χ4n) is 3.65. The fraction of sp³-hybridized carbons (Fsp3) is 0.364. The number of nitrogens with one attached hydrogen (secondary N) is 2. The molecule has 9 heteroatoms. The number of nitrogens with zero attached hydrogens (tertiary/aromatic N) is 4. The van der Waals surface area contributed by atoms with Crippen molar-refractivity contribution in [3.05, 3.63) is 54.6 Å². The van der Waals surface area contributed by atoms with E-state index in [9.17, 15) is 8.42 Å². The Morgan fingerprint density at radius 2 is 1.48 bits per heavy atom. The van der Waals surface area contributed by atoms with Crippen molar-refractivity contribution in [2.24, 2.45) is 0 Å². The summed E-state index contributed by atoms with van der Waals surface area (Å²) in [5.41, 5.74) is 1.34. The molecule has 4 rings (SSSR count). The van der Waals surface area contributed by atoms with E-state index in [4.69, 9.17) is 0 Å². The summed E-state index contributed by atoms with van der Waals surface area (Å²) < 4.78 is 28.4. The van der Waals surface area contributed by atoms with Gasteiger partial charge < -0.3 is 10.2 Å². The van der Waals surface area contributed by atoms with Crippen LogP contribution in [0, 0.1) is 0 Å². The van der Waals surface area contributed by atoms with Crippen LogP contribution in [0.3, 0.4) is 0 Å². The molecule has 164 valence electrons. The van der Waals surface area contributed by atoms with E-state index in [2.05, 4.69) is 43.8 Å². The SMILES string of the molecule is CC(CN1CCN(C)CC1)Nc1nc2ccccc2nc1NS(=O)(=O)c1ccccc1. The molecule has 0 spiro atoms. The standard InChI is InChI=1S/C22H28N6O2S/c1-17(16-28-14-12-27(2)13-15-28)23-21-22(25-20-11-7-6-10-19(20)24-21)26-31(29,30)18-8-4-3-5-9-18/h3-11,17H,12-16H2,1-2H3,(H,23,24)(H,25,26). The van der Waals surface area contributed by atoms with Crippen molar-refractivity contribution >= 4 is 32.7 Å². The van der Waals surface area contributed by atoms with E-state index in [1.807, 2.05) is 24.3 Å². The number of aromatic nitrogens is 2. The summed E-state index contributed by atoms with van der Waals surface area (Å²) in [5, 5.41) is 3.38. The number of hydrogen-bond donors (Lipinski definition) is 2. The third-order valence-corrected chi connectivity index (χ3v) is 6.72. The topological polar surface area (TPSA) is 90.5 Å². The molecule has 1 unspecified atom stereocenters. The zero-order chi connectivity index (χ0) is 21.8. The van der Waals surface area contributed by atoms with Crippen LogP contribution in [0.4, 0.5) is 11.6 Å². The van der Waals surface area contributed by atoms with Crippen LogP contribution in [-0.4, -0.2) is 74.0 Å². The summed E-state index contributed by atoms with van der Waals surface area (Å²) in [6, 6.07) is 15.8. The molecule has 2 aromatic carbocycles. The molecule has 2 heterocycles. The average molecular weight is 441 g/mol. The molecular formula is C22H28N6O2S. The van der Waals surface area contributed by atoms with E-state index in [0.29, 0.717) is 16.9 Å². The maximum atomic E-state index is 12.9. The summed E-state index contributed by atoms with van der Waals surface area (Å²) in [5.74, 6) is 0.632. The van der Waals surface area contributed by atoms with Crippen molar-refractivity contribution in [1.29, 1.82) is 0 Å². The number of piperazine rings is 1. The van der Waals surface area contributed by atoms with Gasteiger partial charge in [0.05, 0.1) is 15.9 Å². The first-order valence-electron chi connectivity index (χ1n) is 10.4. The number of sulfonamides is 1. The Balaban J connectivity index is 1.59. The molecule has 1 aromatic heterocycles. The van der Waals surface area contributed by atoms with Crippen molar-refractivity contribution in [2.45, 2.75) is 17.9 Å². The summed E-state index contributed by atoms with van der Waals surface area (Å²) in [7, 11) is -1.65. The Kier molecular flexibility index (Phi) is 6.35. The van der Waals surface area contributed by atoms with Crippen LogP contribution in [0.25, 0.3) is 11.0 Å². The number of para-hydroxylation sites is 2. The van der Waals surface area contributed by atoms with Crippen LogP contribution in [-0.2, 0) is 10.0 Å². The molecule has 0 aliphatic carbocycles. The lowest BCUT2D eigenvalue weighted by Gasteiger charge is -2.34. The predicted octanol–water partition coefficient (Wildman–Crippen LogP) is 2.48. The second-order valence-corrected chi connectivity index (χ2v) is 9.66. The molecular weight excluding hydrogens is 412 g/mol. The van der Waals surface area contributed by atoms with E-state index in [1.54, 1.807) is 30.3 Å². The van der Waals surface area contributed by atoms with Gasteiger partial charge >= 0.3 is 0 Å². The lowest BCUT2D eigenvalue weighted by Crippen LogP contribution is -2.47. The molecule has 3 aromatic rings. The molecule has 1 aliphatic rings. The Hall–Kier alpha value is -2.75. The quantitative estimate of drug-likeness (QED) is 0.583. The van der Waals surface area contributed by atoms with Gasteiger partial charge in [-0.25, -0.2) is 18.4 Å². The molecule has 8 nitrogen and oxygen atoms in total. The highest BCUT2D eigenvalue weighted by molar-refractivity contribution is 7.92. The molecule has 2 N–H and O–H groups in total. The van der Waals surface area contributed by atoms with Gasteiger partial charge in [-0.1, -0.05) is 30.3 Å². The maximum absolute atomic E-state index is 12.9. The first-order valence-corrected chi connectivity index (χ1v) is 11.9. The number of hydrogen-bond acceptors (Lipinski definition) is 7.